The molecule has 0 rings (SSSR count). The Labute approximate surface area is 104 Å². The lowest BCUT2D eigenvalue weighted by Gasteiger charge is -2.00. The minimum absolute atomic E-state index is 0.250. The van der Waals surface area contributed by atoms with E-state index < -0.39 is 5.97 Å². The van der Waals surface area contributed by atoms with Gasteiger partial charge in [-0.05, 0) is 6.42 Å². The fourth-order valence-electron chi connectivity index (χ4n) is 1.59. The molecule has 0 bridgehead atoms. The van der Waals surface area contributed by atoms with Crippen molar-refractivity contribution in [3.8, 4) is 0 Å². The summed E-state index contributed by atoms with van der Waals surface area (Å²) in [6, 6.07) is 0. The van der Waals surface area contributed by atoms with E-state index >= 15 is 0 Å². The summed E-state index contributed by atoms with van der Waals surface area (Å²) in [5, 5.41) is 15.3. The lowest BCUT2D eigenvalue weighted by Crippen LogP contribution is -1.93. The molecule has 2 N–H and O–H groups in total. The predicted molar refractivity (Wildman–Crippen MR) is 68.2 cm³/mol. The fourth-order valence-corrected chi connectivity index (χ4v) is 1.59. The van der Waals surface area contributed by atoms with Crippen LogP contribution < -0.4 is 0 Å². The van der Waals surface area contributed by atoms with E-state index in [0.717, 1.165) is 12.8 Å². The molecule has 4 nitrogen and oxygen atoms in total. The van der Waals surface area contributed by atoms with Crippen molar-refractivity contribution in [2.75, 3.05) is 0 Å². The van der Waals surface area contributed by atoms with Crippen molar-refractivity contribution in [1.82, 2.24) is 0 Å². The first-order valence-electron chi connectivity index (χ1n) is 6.48. The fraction of sp³-hybridized carbons (Fsp3) is 0.846. The maximum absolute atomic E-state index is 10.2. The Balaban J connectivity index is 0. The second-order valence-corrected chi connectivity index (χ2v) is 4.08. The van der Waals surface area contributed by atoms with Gasteiger partial charge in [-0.15, -0.1) is 0 Å². The highest BCUT2D eigenvalue weighted by molar-refractivity contribution is 5.66. The SMILES string of the molecule is CCCCCCCCCCCC(=O)O.O=CO. The van der Waals surface area contributed by atoms with Gasteiger partial charge in [0.25, 0.3) is 6.47 Å². The largest absolute Gasteiger partial charge is 0.483 e. The van der Waals surface area contributed by atoms with Gasteiger partial charge in [0.1, 0.15) is 0 Å². The quantitative estimate of drug-likeness (QED) is 0.455. The molecule has 0 aromatic heterocycles. The van der Waals surface area contributed by atoms with Gasteiger partial charge >= 0.3 is 5.97 Å². The van der Waals surface area contributed by atoms with Crippen LogP contribution in [0, 0.1) is 0 Å². The molecule has 0 aliphatic heterocycles. The van der Waals surface area contributed by atoms with E-state index in [2.05, 4.69) is 6.92 Å². The zero-order valence-corrected chi connectivity index (χ0v) is 10.9. The summed E-state index contributed by atoms with van der Waals surface area (Å²) in [5.41, 5.74) is 0. The topological polar surface area (TPSA) is 74.6 Å². The van der Waals surface area contributed by atoms with Crippen molar-refractivity contribution < 1.29 is 19.8 Å². The van der Waals surface area contributed by atoms with Gasteiger partial charge in [0.15, 0.2) is 0 Å². The zero-order chi connectivity index (χ0) is 13.4. The molecule has 0 saturated heterocycles. The van der Waals surface area contributed by atoms with Gasteiger partial charge in [-0.3, -0.25) is 9.59 Å². The summed E-state index contributed by atoms with van der Waals surface area (Å²) >= 11 is 0. The minimum atomic E-state index is -0.659. The Kier molecular flexibility index (Phi) is 18.7. The third kappa shape index (κ3) is 25.3. The number of carboxylic acid groups (broad SMARTS) is 2. The number of carboxylic acids is 1. The van der Waals surface area contributed by atoms with Gasteiger partial charge in [0, 0.05) is 6.42 Å². The van der Waals surface area contributed by atoms with E-state index in [9.17, 15) is 4.79 Å². The van der Waals surface area contributed by atoms with Gasteiger partial charge in [0.2, 0.25) is 0 Å². The van der Waals surface area contributed by atoms with Crippen LogP contribution in [0.2, 0.25) is 0 Å². The molecular weight excluding hydrogens is 220 g/mol. The highest BCUT2D eigenvalue weighted by atomic mass is 16.4. The molecule has 0 amide bonds. The van der Waals surface area contributed by atoms with Gasteiger partial charge in [0.05, 0.1) is 0 Å². The van der Waals surface area contributed by atoms with E-state index in [0.29, 0.717) is 6.42 Å². The molecule has 0 aromatic carbocycles. The first-order chi connectivity index (χ1) is 8.18. The van der Waals surface area contributed by atoms with Crippen molar-refractivity contribution in [2.45, 2.75) is 71.1 Å². The molecule has 0 aliphatic carbocycles. The second kappa shape index (κ2) is 17.3. The van der Waals surface area contributed by atoms with Gasteiger partial charge in [-0.25, -0.2) is 0 Å². The Hall–Kier alpha value is -1.06. The van der Waals surface area contributed by atoms with Crippen LogP contribution in [0.4, 0.5) is 0 Å². The lowest BCUT2D eigenvalue weighted by atomic mass is 10.1. The molecule has 0 aromatic rings. The van der Waals surface area contributed by atoms with E-state index in [-0.39, 0.29) is 6.47 Å². The highest BCUT2D eigenvalue weighted by Crippen LogP contribution is 2.10. The minimum Gasteiger partial charge on any atom is -0.483 e. The summed E-state index contributed by atoms with van der Waals surface area (Å²) in [6.45, 7) is 1.98. The lowest BCUT2D eigenvalue weighted by molar-refractivity contribution is -0.137. The summed E-state index contributed by atoms with van der Waals surface area (Å²) < 4.78 is 0. The molecule has 0 spiro atoms. The molecule has 0 aliphatic rings. The average Bonchev–Trinajstić information content (AvgIpc) is 2.27. The molecular formula is C13H26O4. The monoisotopic (exact) mass is 246 g/mol. The molecule has 4 heteroatoms. The van der Waals surface area contributed by atoms with Gasteiger partial charge in [-0.2, -0.15) is 0 Å². The third-order valence-corrected chi connectivity index (χ3v) is 2.49. The second-order valence-electron chi connectivity index (χ2n) is 4.08. The van der Waals surface area contributed by atoms with Crippen LogP contribution in [-0.4, -0.2) is 22.7 Å². The van der Waals surface area contributed by atoms with Crippen molar-refractivity contribution in [3.63, 3.8) is 0 Å². The number of unbranched alkanes of at least 4 members (excludes halogenated alkanes) is 8. The number of carbonyl (C=O) groups is 2. The first kappa shape index (κ1) is 18.3. The summed E-state index contributed by atoms with van der Waals surface area (Å²) in [6.07, 6.45) is 11.5. The maximum Gasteiger partial charge on any atom is 0.303 e. The number of hydrogen-bond acceptors (Lipinski definition) is 2. The van der Waals surface area contributed by atoms with E-state index in [1.54, 1.807) is 0 Å². The Morgan fingerprint density at radius 3 is 1.65 bits per heavy atom. The van der Waals surface area contributed by atoms with E-state index in [1.807, 2.05) is 0 Å². The highest BCUT2D eigenvalue weighted by Gasteiger charge is 1.96. The average molecular weight is 246 g/mol. The maximum atomic E-state index is 10.2. The molecule has 0 radical (unpaired) electrons. The smallest absolute Gasteiger partial charge is 0.303 e. The van der Waals surface area contributed by atoms with Crippen LogP contribution >= 0.6 is 0 Å². The first-order valence-corrected chi connectivity index (χ1v) is 6.48. The summed E-state index contributed by atoms with van der Waals surface area (Å²) in [5.74, 6) is -0.659. The molecule has 0 unspecified atom stereocenters. The number of rotatable bonds is 10. The van der Waals surface area contributed by atoms with Crippen LogP contribution in [0.25, 0.3) is 0 Å². The van der Waals surface area contributed by atoms with Crippen molar-refractivity contribution in [3.05, 3.63) is 0 Å². The zero-order valence-electron chi connectivity index (χ0n) is 10.9. The number of aliphatic carboxylic acids is 1. The van der Waals surface area contributed by atoms with E-state index in [1.165, 1.54) is 44.9 Å². The Bertz CT molecular complexity index is 169. The van der Waals surface area contributed by atoms with Crippen LogP contribution in [0.3, 0.4) is 0 Å². The van der Waals surface area contributed by atoms with Gasteiger partial charge in [-0.1, -0.05) is 58.3 Å². The van der Waals surface area contributed by atoms with Gasteiger partial charge < -0.3 is 10.2 Å². The molecule has 17 heavy (non-hydrogen) atoms. The van der Waals surface area contributed by atoms with Crippen molar-refractivity contribution in [2.24, 2.45) is 0 Å². The third-order valence-electron chi connectivity index (χ3n) is 2.49. The molecule has 0 fully saturated rings. The molecule has 0 heterocycles. The predicted octanol–water partition coefficient (Wildman–Crippen LogP) is 3.69. The van der Waals surface area contributed by atoms with Crippen LogP contribution in [0.15, 0.2) is 0 Å². The van der Waals surface area contributed by atoms with E-state index in [4.69, 9.17) is 15.0 Å². The Morgan fingerprint density at radius 1 is 0.941 bits per heavy atom. The molecule has 0 atom stereocenters. The normalized spacial score (nSPS) is 9.24. The van der Waals surface area contributed by atoms with Crippen molar-refractivity contribution >= 4 is 12.4 Å². The van der Waals surface area contributed by atoms with Crippen LogP contribution in [-0.2, 0) is 9.59 Å². The number of hydrogen-bond donors (Lipinski definition) is 2. The van der Waals surface area contributed by atoms with Crippen LogP contribution in [0.1, 0.15) is 71.1 Å². The summed E-state index contributed by atoms with van der Waals surface area (Å²) in [4.78, 5) is 18.6. The Morgan fingerprint density at radius 2 is 1.29 bits per heavy atom. The summed E-state index contributed by atoms with van der Waals surface area (Å²) in [7, 11) is 0. The van der Waals surface area contributed by atoms with Crippen LogP contribution in [0.5, 0.6) is 0 Å². The molecule has 0 saturated carbocycles. The molecule has 102 valence electrons. The van der Waals surface area contributed by atoms with Crippen molar-refractivity contribution in [1.29, 1.82) is 0 Å². The standard InChI is InChI=1S/C12H24O2.CH2O2/c1-2-3-4-5-6-7-8-9-10-11-12(13)14;2-1-3/h2-11H2,1H3,(H,13,14);1H,(H,2,3).